The Morgan fingerprint density at radius 2 is 1.20 bits per heavy atom. The maximum Gasteiger partial charge on any atom is 0.0149 e. The minimum Gasteiger partial charge on any atom is -0.380 e. The van der Waals surface area contributed by atoms with Gasteiger partial charge in [-0.05, 0) is 13.8 Å². The van der Waals surface area contributed by atoms with Crippen LogP contribution in [0.5, 0.6) is 0 Å². The summed E-state index contributed by atoms with van der Waals surface area (Å²) in [6.45, 7) is 6.40. The van der Waals surface area contributed by atoms with Crippen LogP contribution in [0.4, 0.5) is 0 Å². The largest absolute Gasteiger partial charge is 0.380 e. The third-order valence-corrected chi connectivity index (χ3v) is 1.57. The van der Waals surface area contributed by atoms with Crippen molar-refractivity contribution in [1.82, 2.24) is 9.80 Å². The lowest BCUT2D eigenvalue weighted by atomic mass is 10.6. The number of nitrogens with zero attached hydrogens (tertiary/aromatic N) is 2. The van der Waals surface area contributed by atoms with Crippen molar-refractivity contribution in [1.29, 1.82) is 0 Å². The molecule has 0 aliphatic carbocycles. The smallest absolute Gasteiger partial charge is 0.0149 e. The van der Waals surface area contributed by atoms with Gasteiger partial charge in [0.1, 0.15) is 0 Å². The molecule has 0 heterocycles. The number of hydrogen-bond donors (Lipinski definition) is 0. The molecule has 0 saturated heterocycles. The maximum atomic E-state index is 2.14. The molecular formula is C8H18N2. The van der Waals surface area contributed by atoms with Gasteiger partial charge >= 0.3 is 0 Å². The van der Waals surface area contributed by atoms with Crippen molar-refractivity contribution < 1.29 is 0 Å². The van der Waals surface area contributed by atoms with Crippen molar-refractivity contribution in [2.45, 2.75) is 13.8 Å². The van der Waals surface area contributed by atoms with Gasteiger partial charge in [0.25, 0.3) is 0 Å². The molecule has 0 radical (unpaired) electrons. The highest BCUT2D eigenvalue weighted by molar-refractivity contribution is 4.78. The Morgan fingerprint density at radius 1 is 0.900 bits per heavy atom. The predicted octanol–water partition coefficient (Wildman–Crippen LogP) is 1.36. The molecule has 0 spiro atoms. The van der Waals surface area contributed by atoms with E-state index >= 15 is 0 Å². The van der Waals surface area contributed by atoms with Crippen LogP contribution in [0.1, 0.15) is 13.8 Å². The third kappa shape index (κ3) is 4.24. The van der Waals surface area contributed by atoms with Gasteiger partial charge in [-0.3, -0.25) is 0 Å². The van der Waals surface area contributed by atoms with Crippen LogP contribution in [0.2, 0.25) is 0 Å². The Bertz CT molecular complexity index is 87.4. The fourth-order valence-electron chi connectivity index (χ4n) is 0.438. The molecule has 0 saturated carbocycles. The van der Waals surface area contributed by atoms with Gasteiger partial charge < -0.3 is 9.80 Å². The van der Waals surface area contributed by atoms with Gasteiger partial charge in [0.05, 0.1) is 0 Å². The van der Waals surface area contributed by atoms with Crippen molar-refractivity contribution in [3.8, 4) is 0 Å². The Labute approximate surface area is 64.1 Å². The molecule has 60 valence electrons. The minimum atomic E-state index is 1.06. The molecule has 2 nitrogen and oxygen atoms in total. The molecule has 0 aliphatic heterocycles. The van der Waals surface area contributed by atoms with E-state index in [0.29, 0.717) is 0 Å². The second kappa shape index (κ2) is 5.15. The first-order chi connectivity index (χ1) is 4.70. The van der Waals surface area contributed by atoms with Gasteiger partial charge in [-0.1, -0.05) is 0 Å². The highest BCUT2D eigenvalue weighted by atomic mass is 15.1. The van der Waals surface area contributed by atoms with Crippen LogP contribution in [-0.2, 0) is 0 Å². The molecule has 0 fully saturated rings. The summed E-state index contributed by atoms with van der Waals surface area (Å²) >= 11 is 0. The highest BCUT2D eigenvalue weighted by Gasteiger charge is 1.84. The van der Waals surface area contributed by atoms with E-state index in [9.17, 15) is 0 Å². The summed E-state index contributed by atoms with van der Waals surface area (Å²) in [4.78, 5) is 4.29. The Balaban J connectivity index is 3.52. The monoisotopic (exact) mass is 142 g/mol. The molecule has 0 aromatic carbocycles. The molecule has 10 heavy (non-hydrogen) atoms. The van der Waals surface area contributed by atoms with E-state index in [2.05, 4.69) is 50.1 Å². The van der Waals surface area contributed by atoms with Crippen LogP contribution in [0.25, 0.3) is 0 Å². The van der Waals surface area contributed by atoms with E-state index in [0.717, 1.165) is 13.1 Å². The fourth-order valence-corrected chi connectivity index (χ4v) is 0.438. The SMILES string of the molecule is CCN(C)C=CN(C)CC. The van der Waals surface area contributed by atoms with E-state index in [-0.39, 0.29) is 0 Å². The van der Waals surface area contributed by atoms with Crippen molar-refractivity contribution in [2.75, 3.05) is 27.2 Å². The molecule has 0 rings (SSSR count). The van der Waals surface area contributed by atoms with Crippen LogP contribution in [0.3, 0.4) is 0 Å². The van der Waals surface area contributed by atoms with Crippen LogP contribution < -0.4 is 0 Å². The van der Waals surface area contributed by atoms with Gasteiger partial charge in [-0.2, -0.15) is 0 Å². The van der Waals surface area contributed by atoms with Crippen LogP contribution in [0.15, 0.2) is 12.4 Å². The Kier molecular flexibility index (Phi) is 4.81. The van der Waals surface area contributed by atoms with Crippen molar-refractivity contribution >= 4 is 0 Å². The standard InChI is InChI=1S/C8H18N2/c1-5-9(3)7-8-10(4)6-2/h7-8H,5-6H2,1-4H3. The van der Waals surface area contributed by atoms with Crippen molar-refractivity contribution in [2.24, 2.45) is 0 Å². The van der Waals surface area contributed by atoms with E-state index in [1.165, 1.54) is 0 Å². The van der Waals surface area contributed by atoms with Crippen LogP contribution in [-0.4, -0.2) is 37.0 Å². The van der Waals surface area contributed by atoms with Gasteiger partial charge in [0.2, 0.25) is 0 Å². The lowest BCUT2D eigenvalue weighted by Gasteiger charge is -2.14. The van der Waals surface area contributed by atoms with E-state index in [1.54, 1.807) is 0 Å². The Morgan fingerprint density at radius 3 is 1.40 bits per heavy atom. The molecule has 0 atom stereocenters. The van der Waals surface area contributed by atoms with Crippen LogP contribution >= 0.6 is 0 Å². The molecule has 0 aromatic heterocycles. The minimum absolute atomic E-state index is 1.06. The van der Waals surface area contributed by atoms with Crippen molar-refractivity contribution in [3.05, 3.63) is 12.4 Å². The molecule has 0 bridgehead atoms. The maximum absolute atomic E-state index is 2.14. The fraction of sp³-hybridized carbons (Fsp3) is 0.750. The molecule has 0 N–H and O–H groups in total. The topological polar surface area (TPSA) is 6.48 Å². The van der Waals surface area contributed by atoms with Gasteiger partial charge in [-0.15, -0.1) is 0 Å². The van der Waals surface area contributed by atoms with Gasteiger partial charge in [0, 0.05) is 39.6 Å². The molecular weight excluding hydrogens is 124 g/mol. The first kappa shape index (κ1) is 9.34. The molecule has 0 unspecified atom stereocenters. The summed E-state index contributed by atoms with van der Waals surface area (Å²) in [5.74, 6) is 0. The number of rotatable bonds is 4. The van der Waals surface area contributed by atoms with E-state index in [1.807, 2.05) is 0 Å². The average molecular weight is 142 g/mol. The molecule has 0 amide bonds. The second-order valence-electron chi connectivity index (χ2n) is 2.44. The van der Waals surface area contributed by atoms with E-state index < -0.39 is 0 Å². The normalized spacial score (nSPS) is 10.4. The molecule has 2 heteroatoms. The quantitative estimate of drug-likeness (QED) is 0.585. The lowest BCUT2D eigenvalue weighted by Crippen LogP contribution is -2.14. The summed E-state index contributed by atoms with van der Waals surface area (Å²) in [6.07, 6.45) is 4.17. The van der Waals surface area contributed by atoms with E-state index in [4.69, 9.17) is 0 Å². The Hall–Kier alpha value is -0.660. The summed E-state index contributed by atoms with van der Waals surface area (Å²) < 4.78 is 0. The van der Waals surface area contributed by atoms with Crippen LogP contribution in [0, 0.1) is 0 Å². The molecule has 0 aromatic rings. The average Bonchev–Trinajstić information content (AvgIpc) is 1.99. The lowest BCUT2D eigenvalue weighted by molar-refractivity contribution is 0.439. The zero-order valence-electron chi connectivity index (χ0n) is 7.46. The zero-order valence-corrected chi connectivity index (χ0v) is 7.46. The highest BCUT2D eigenvalue weighted by Crippen LogP contribution is 1.86. The summed E-state index contributed by atoms with van der Waals surface area (Å²) in [5.41, 5.74) is 0. The second-order valence-corrected chi connectivity index (χ2v) is 2.44. The van der Waals surface area contributed by atoms with Crippen molar-refractivity contribution in [3.63, 3.8) is 0 Å². The summed E-state index contributed by atoms with van der Waals surface area (Å²) in [6, 6.07) is 0. The van der Waals surface area contributed by atoms with Gasteiger partial charge in [0.15, 0.2) is 0 Å². The van der Waals surface area contributed by atoms with Gasteiger partial charge in [-0.25, -0.2) is 0 Å². The number of hydrogen-bond acceptors (Lipinski definition) is 2. The first-order valence-electron chi connectivity index (χ1n) is 3.79. The summed E-state index contributed by atoms with van der Waals surface area (Å²) in [7, 11) is 4.14. The third-order valence-electron chi connectivity index (χ3n) is 1.57. The zero-order chi connectivity index (χ0) is 7.98. The summed E-state index contributed by atoms with van der Waals surface area (Å²) in [5, 5.41) is 0. The molecule has 0 aliphatic rings. The first-order valence-corrected chi connectivity index (χ1v) is 3.79. The predicted molar refractivity (Wildman–Crippen MR) is 45.7 cm³/mol.